The standard InChI is InChI=1S/C25H24N6O2/c1-5-31-13-18(12-28-31)15-6-17(10-26)22-20(8-15)29-30(3)24(22)16-7-19-14(2)11-27-25(32)23(19)21(9-16)33-4/h6-9,12-14H,5,11H2,1-4H3,(H,27,32)/t14-/m0/s1. The van der Waals surface area contributed by atoms with Gasteiger partial charge in [0.1, 0.15) is 5.75 Å². The van der Waals surface area contributed by atoms with Crippen LogP contribution in [0.1, 0.15) is 41.3 Å². The zero-order chi connectivity index (χ0) is 23.3. The molecule has 0 saturated heterocycles. The molecule has 0 radical (unpaired) electrons. The number of nitrogens with zero attached hydrogens (tertiary/aromatic N) is 5. The molecule has 0 bridgehead atoms. The third-order valence-corrected chi connectivity index (χ3v) is 6.30. The van der Waals surface area contributed by atoms with Crippen LogP contribution in [0.15, 0.2) is 36.7 Å². The van der Waals surface area contributed by atoms with E-state index in [0.717, 1.165) is 45.4 Å². The fourth-order valence-corrected chi connectivity index (χ4v) is 4.61. The molecule has 1 N–H and O–H groups in total. The van der Waals surface area contributed by atoms with E-state index < -0.39 is 0 Å². The molecule has 33 heavy (non-hydrogen) atoms. The average molecular weight is 441 g/mol. The Labute approximate surface area is 191 Å². The van der Waals surface area contributed by atoms with Crippen molar-refractivity contribution in [2.75, 3.05) is 13.7 Å². The van der Waals surface area contributed by atoms with E-state index in [0.29, 0.717) is 23.4 Å². The molecule has 1 aliphatic heterocycles. The summed E-state index contributed by atoms with van der Waals surface area (Å²) in [4.78, 5) is 12.5. The molecular weight excluding hydrogens is 416 g/mol. The first kappa shape index (κ1) is 20.8. The van der Waals surface area contributed by atoms with Crippen molar-refractivity contribution in [2.45, 2.75) is 26.3 Å². The monoisotopic (exact) mass is 440 g/mol. The molecule has 2 aromatic heterocycles. The third-order valence-electron chi connectivity index (χ3n) is 6.30. The number of ether oxygens (including phenoxy) is 1. The van der Waals surface area contributed by atoms with Gasteiger partial charge < -0.3 is 10.1 Å². The first-order valence-electron chi connectivity index (χ1n) is 10.9. The van der Waals surface area contributed by atoms with Crippen LogP contribution in [0.4, 0.5) is 0 Å². The Balaban J connectivity index is 1.74. The first-order chi connectivity index (χ1) is 15.9. The maximum Gasteiger partial charge on any atom is 0.255 e. The number of benzene rings is 2. The van der Waals surface area contributed by atoms with Crippen molar-refractivity contribution < 1.29 is 9.53 Å². The molecule has 0 unspecified atom stereocenters. The van der Waals surface area contributed by atoms with E-state index in [1.165, 1.54) is 0 Å². The fourth-order valence-electron chi connectivity index (χ4n) is 4.61. The smallest absolute Gasteiger partial charge is 0.255 e. The van der Waals surface area contributed by atoms with Gasteiger partial charge in [-0.2, -0.15) is 15.5 Å². The molecule has 2 aromatic carbocycles. The lowest BCUT2D eigenvalue weighted by molar-refractivity contribution is 0.0938. The molecule has 8 nitrogen and oxygen atoms in total. The average Bonchev–Trinajstić information content (AvgIpc) is 3.44. The largest absolute Gasteiger partial charge is 0.496 e. The summed E-state index contributed by atoms with van der Waals surface area (Å²) in [6.45, 7) is 5.45. The maximum absolute atomic E-state index is 12.5. The zero-order valence-electron chi connectivity index (χ0n) is 19.0. The van der Waals surface area contributed by atoms with E-state index in [1.54, 1.807) is 18.0 Å². The van der Waals surface area contributed by atoms with Crippen LogP contribution in [0.2, 0.25) is 0 Å². The number of carbonyl (C=O) groups excluding carboxylic acids is 1. The summed E-state index contributed by atoms with van der Waals surface area (Å²) in [5.41, 5.74) is 6.30. The summed E-state index contributed by atoms with van der Waals surface area (Å²) >= 11 is 0. The van der Waals surface area contributed by atoms with E-state index in [9.17, 15) is 10.1 Å². The van der Waals surface area contributed by atoms with Crippen LogP contribution >= 0.6 is 0 Å². The maximum atomic E-state index is 12.5. The van der Waals surface area contributed by atoms with Crippen molar-refractivity contribution in [1.29, 1.82) is 5.26 Å². The normalized spacial score (nSPS) is 15.2. The number of methoxy groups -OCH3 is 1. The quantitative estimate of drug-likeness (QED) is 0.520. The summed E-state index contributed by atoms with van der Waals surface area (Å²) in [7, 11) is 3.43. The summed E-state index contributed by atoms with van der Waals surface area (Å²) in [6, 6.07) is 10.1. The molecule has 1 amide bonds. The lowest BCUT2D eigenvalue weighted by Gasteiger charge is -2.25. The Bertz CT molecular complexity index is 1460. The molecule has 3 heterocycles. The van der Waals surface area contributed by atoms with Gasteiger partial charge in [-0.15, -0.1) is 0 Å². The number of carbonyl (C=O) groups is 1. The molecule has 0 saturated carbocycles. The van der Waals surface area contributed by atoms with Crippen LogP contribution < -0.4 is 10.1 Å². The van der Waals surface area contributed by atoms with Crippen LogP contribution in [0.25, 0.3) is 33.3 Å². The van der Waals surface area contributed by atoms with Gasteiger partial charge in [-0.1, -0.05) is 6.92 Å². The molecule has 4 aromatic rings. The highest BCUT2D eigenvalue weighted by atomic mass is 16.5. The van der Waals surface area contributed by atoms with E-state index in [-0.39, 0.29) is 11.8 Å². The molecule has 166 valence electrons. The highest BCUT2D eigenvalue weighted by Crippen LogP contribution is 2.39. The van der Waals surface area contributed by atoms with Gasteiger partial charge in [0, 0.05) is 42.8 Å². The lowest BCUT2D eigenvalue weighted by Crippen LogP contribution is -2.34. The minimum atomic E-state index is -0.128. The molecular formula is C25H24N6O2. The topological polar surface area (TPSA) is 97.8 Å². The van der Waals surface area contributed by atoms with E-state index in [4.69, 9.17) is 9.84 Å². The molecule has 8 heteroatoms. The van der Waals surface area contributed by atoms with Crippen LogP contribution in [0.5, 0.6) is 5.75 Å². The number of nitriles is 1. The van der Waals surface area contributed by atoms with Gasteiger partial charge in [-0.3, -0.25) is 14.2 Å². The van der Waals surface area contributed by atoms with Gasteiger partial charge in [0.25, 0.3) is 5.91 Å². The number of fused-ring (bicyclic) bond motifs is 2. The Kier molecular flexibility index (Phi) is 4.90. The Morgan fingerprint density at radius 1 is 1.24 bits per heavy atom. The van der Waals surface area contributed by atoms with E-state index in [2.05, 4.69) is 23.4 Å². The molecule has 1 atom stereocenters. The third kappa shape index (κ3) is 3.24. The van der Waals surface area contributed by atoms with Crippen molar-refractivity contribution >= 4 is 16.8 Å². The minimum Gasteiger partial charge on any atom is -0.496 e. The van der Waals surface area contributed by atoms with Gasteiger partial charge in [-0.25, -0.2) is 0 Å². The number of hydrogen-bond acceptors (Lipinski definition) is 5. The number of nitrogens with one attached hydrogen (secondary N) is 1. The predicted octanol–water partition coefficient (Wildman–Crippen LogP) is 3.85. The van der Waals surface area contributed by atoms with Crippen molar-refractivity contribution in [1.82, 2.24) is 24.9 Å². The number of aromatic nitrogens is 4. The van der Waals surface area contributed by atoms with E-state index >= 15 is 0 Å². The number of aryl methyl sites for hydroxylation is 2. The van der Waals surface area contributed by atoms with Crippen molar-refractivity contribution in [2.24, 2.45) is 7.05 Å². The van der Waals surface area contributed by atoms with Crippen molar-refractivity contribution in [3.63, 3.8) is 0 Å². The first-order valence-corrected chi connectivity index (χ1v) is 10.9. The number of hydrogen-bond donors (Lipinski definition) is 1. The highest BCUT2D eigenvalue weighted by molar-refractivity contribution is 6.03. The summed E-state index contributed by atoms with van der Waals surface area (Å²) in [5.74, 6) is 0.530. The second-order valence-electron chi connectivity index (χ2n) is 8.34. The van der Waals surface area contributed by atoms with E-state index in [1.807, 2.05) is 49.1 Å². The SMILES string of the molecule is CCn1cc(-c2cc(C#N)c3c(-c4cc(OC)c5c(c4)[C@@H](C)CNC5=O)n(C)nc3c2)cn1. The van der Waals surface area contributed by atoms with Crippen LogP contribution in [-0.2, 0) is 13.6 Å². The highest BCUT2D eigenvalue weighted by Gasteiger charge is 2.28. The van der Waals surface area contributed by atoms with Crippen LogP contribution in [0.3, 0.4) is 0 Å². The summed E-state index contributed by atoms with van der Waals surface area (Å²) in [6.07, 6.45) is 3.77. The number of rotatable bonds is 4. The zero-order valence-corrected chi connectivity index (χ0v) is 19.0. The second-order valence-corrected chi connectivity index (χ2v) is 8.34. The van der Waals surface area contributed by atoms with Crippen LogP contribution in [0, 0.1) is 11.3 Å². The minimum absolute atomic E-state index is 0.128. The van der Waals surface area contributed by atoms with Gasteiger partial charge in [-0.05, 0) is 48.2 Å². The summed E-state index contributed by atoms with van der Waals surface area (Å²) in [5, 5.41) is 22.8. The number of amides is 1. The van der Waals surface area contributed by atoms with Crippen molar-refractivity contribution in [3.8, 4) is 34.2 Å². The van der Waals surface area contributed by atoms with Gasteiger partial charge in [0.15, 0.2) is 0 Å². The van der Waals surface area contributed by atoms with Crippen molar-refractivity contribution in [3.05, 3.63) is 53.3 Å². The van der Waals surface area contributed by atoms with Gasteiger partial charge in [0.2, 0.25) is 0 Å². The second kappa shape index (κ2) is 7.78. The van der Waals surface area contributed by atoms with Crippen LogP contribution in [-0.4, -0.2) is 39.1 Å². The lowest BCUT2D eigenvalue weighted by atomic mass is 9.88. The van der Waals surface area contributed by atoms with Gasteiger partial charge in [0.05, 0.1) is 41.7 Å². The Morgan fingerprint density at radius 2 is 2.06 bits per heavy atom. The molecule has 0 fully saturated rings. The molecule has 0 spiro atoms. The summed E-state index contributed by atoms with van der Waals surface area (Å²) < 4.78 is 9.25. The Morgan fingerprint density at radius 3 is 2.76 bits per heavy atom. The fraction of sp³-hybridized carbons (Fsp3) is 0.280. The molecule has 0 aliphatic carbocycles. The molecule has 1 aliphatic rings. The Hall–Kier alpha value is -4.12. The van der Waals surface area contributed by atoms with Gasteiger partial charge >= 0.3 is 0 Å². The molecule has 5 rings (SSSR count). The predicted molar refractivity (Wildman–Crippen MR) is 125 cm³/mol.